The number of amides is 1. The summed E-state index contributed by atoms with van der Waals surface area (Å²) in [7, 11) is 0. The first kappa shape index (κ1) is 15.4. The second kappa shape index (κ2) is 5.67. The van der Waals surface area contributed by atoms with Gasteiger partial charge in [0.15, 0.2) is 0 Å². The highest BCUT2D eigenvalue weighted by Gasteiger charge is 2.32. The van der Waals surface area contributed by atoms with Crippen molar-refractivity contribution in [3.05, 3.63) is 0 Å². The van der Waals surface area contributed by atoms with Crippen molar-refractivity contribution in [1.82, 2.24) is 5.32 Å². The van der Waals surface area contributed by atoms with Crippen molar-refractivity contribution in [2.24, 2.45) is 17.1 Å². The molecule has 0 saturated carbocycles. The Hall–Kier alpha value is -0.570. The fourth-order valence-electron chi connectivity index (χ4n) is 1.69. The van der Waals surface area contributed by atoms with Crippen molar-refractivity contribution in [2.45, 2.75) is 59.9 Å². The maximum atomic E-state index is 12.1. The molecule has 0 heterocycles. The highest BCUT2D eigenvalue weighted by molar-refractivity contribution is 5.82. The molecule has 1 unspecified atom stereocenters. The lowest BCUT2D eigenvalue weighted by Gasteiger charge is -2.35. The Bertz CT molecular complexity index is 236. The molecule has 96 valence electrons. The first-order valence-electron chi connectivity index (χ1n) is 6.19. The fourth-order valence-corrected chi connectivity index (χ4v) is 1.69. The van der Waals surface area contributed by atoms with Crippen LogP contribution in [0.5, 0.6) is 0 Å². The lowest BCUT2D eigenvalue weighted by molar-refractivity contribution is -0.131. The van der Waals surface area contributed by atoms with Crippen LogP contribution in [0, 0.1) is 11.3 Å². The Morgan fingerprint density at radius 3 is 2.12 bits per heavy atom. The molecule has 0 rings (SSSR count). The van der Waals surface area contributed by atoms with Crippen LogP contribution in [0.2, 0.25) is 0 Å². The molecule has 3 N–H and O–H groups in total. The van der Waals surface area contributed by atoms with Gasteiger partial charge in [-0.2, -0.15) is 0 Å². The maximum absolute atomic E-state index is 12.1. The Morgan fingerprint density at radius 2 is 1.81 bits per heavy atom. The minimum Gasteiger partial charge on any atom is -0.349 e. The quantitative estimate of drug-likeness (QED) is 0.733. The van der Waals surface area contributed by atoms with E-state index >= 15 is 0 Å². The summed E-state index contributed by atoms with van der Waals surface area (Å²) in [6.07, 6.45) is 1.75. The van der Waals surface area contributed by atoms with Gasteiger partial charge in [-0.05, 0) is 25.7 Å². The van der Waals surface area contributed by atoms with Crippen LogP contribution in [0.25, 0.3) is 0 Å². The molecule has 0 aliphatic carbocycles. The van der Waals surface area contributed by atoms with Crippen LogP contribution in [-0.4, -0.2) is 18.0 Å². The van der Waals surface area contributed by atoms with E-state index in [4.69, 9.17) is 5.73 Å². The summed E-state index contributed by atoms with van der Waals surface area (Å²) in [5.41, 5.74) is 5.18. The minimum absolute atomic E-state index is 0.101. The number of nitrogens with two attached hydrogens (primary N) is 1. The standard InChI is InChI=1S/C13H28N2O/c1-7-12(4,5)11(16)15-13(6,9-14)8-10(2)3/h10H,7-9,14H2,1-6H3,(H,15,16). The molecule has 1 atom stereocenters. The van der Waals surface area contributed by atoms with Crippen molar-refractivity contribution in [1.29, 1.82) is 0 Å². The van der Waals surface area contributed by atoms with E-state index in [9.17, 15) is 4.79 Å². The summed E-state index contributed by atoms with van der Waals surface area (Å²) in [5.74, 6) is 0.627. The zero-order chi connectivity index (χ0) is 13.0. The van der Waals surface area contributed by atoms with E-state index in [1.54, 1.807) is 0 Å². The van der Waals surface area contributed by atoms with Gasteiger partial charge in [-0.25, -0.2) is 0 Å². The molecule has 0 aromatic heterocycles. The topological polar surface area (TPSA) is 55.1 Å². The molecule has 0 fully saturated rings. The number of rotatable bonds is 6. The number of hydrogen-bond acceptors (Lipinski definition) is 2. The van der Waals surface area contributed by atoms with Crippen molar-refractivity contribution in [3.8, 4) is 0 Å². The summed E-state index contributed by atoms with van der Waals surface area (Å²) in [5, 5.41) is 3.10. The van der Waals surface area contributed by atoms with Gasteiger partial charge in [0.05, 0.1) is 0 Å². The molecule has 0 aliphatic heterocycles. The van der Waals surface area contributed by atoms with Crippen molar-refractivity contribution in [3.63, 3.8) is 0 Å². The van der Waals surface area contributed by atoms with Crippen molar-refractivity contribution >= 4 is 5.91 Å². The molecule has 0 spiro atoms. The minimum atomic E-state index is -0.312. The van der Waals surface area contributed by atoms with Crippen molar-refractivity contribution < 1.29 is 4.79 Å². The Balaban J connectivity index is 4.60. The van der Waals surface area contributed by atoms with Crippen LogP contribution in [0.3, 0.4) is 0 Å². The van der Waals surface area contributed by atoms with Gasteiger partial charge < -0.3 is 11.1 Å². The molecule has 0 radical (unpaired) electrons. The van der Waals surface area contributed by atoms with Gasteiger partial charge in [-0.3, -0.25) is 4.79 Å². The largest absolute Gasteiger partial charge is 0.349 e. The number of hydrogen-bond donors (Lipinski definition) is 2. The average molecular weight is 228 g/mol. The summed E-state index contributed by atoms with van der Waals surface area (Å²) in [4.78, 5) is 12.1. The second-order valence-corrected chi connectivity index (χ2v) is 6.05. The molecule has 0 aliphatic rings. The number of nitrogens with one attached hydrogen (secondary N) is 1. The van der Waals surface area contributed by atoms with Crippen molar-refractivity contribution in [2.75, 3.05) is 6.54 Å². The first-order chi connectivity index (χ1) is 7.17. The summed E-state index contributed by atoms with van der Waals surface area (Å²) in [6.45, 7) is 12.8. The summed E-state index contributed by atoms with van der Waals surface area (Å²) >= 11 is 0. The normalized spacial score (nSPS) is 16.0. The van der Waals surface area contributed by atoms with E-state index < -0.39 is 0 Å². The highest BCUT2D eigenvalue weighted by Crippen LogP contribution is 2.23. The van der Waals surface area contributed by atoms with Gasteiger partial charge in [-0.1, -0.05) is 34.6 Å². The third kappa shape index (κ3) is 4.52. The predicted molar refractivity (Wildman–Crippen MR) is 69.1 cm³/mol. The van der Waals surface area contributed by atoms with E-state index in [0.717, 1.165) is 12.8 Å². The van der Waals surface area contributed by atoms with Crippen LogP contribution in [-0.2, 0) is 4.79 Å². The zero-order valence-electron chi connectivity index (χ0n) is 11.7. The molecule has 0 aromatic rings. The lowest BCUT2D eigenvalue weighted by Crippen LogP contribution is -2.55. The summed E-state index contributed by atoms with van der Waals surface area (Å²) in [6, 6.07) is 0. The Kier molecular flexibility index (Phi) is 5.47. The van der Waals surface area contributed by atoms with Crippen LogP contribution in [0.15, 0.2) is 0 Å². The molecular formula is C13H28N2O. The molecular weight excluding hydrogens is 200 g/mol. The number of carbonyl (C=O) groups excluding carboxylic acids is 1. The van der Waals surface area contributed by atoms with Gasteiger partial charge >= 0.3 is 0 Å². The molecule has 3 heteroatoms. The Morgan fingerprint density at radius 1 is 1.31 bits per heavy atom. The predicted octanol–water partition coefficient (Wildman–Crippen LogP) is 2.30. The second-order valence-electron chi connectivity index (χ2n) is 6.05. The molecule has 16 heavy (non-hydrogen) atoms. The fraction of sp³-hybridized carbons (Fsp3) is 0.923. The van der Waals surface area contributed by atoms with Gasteiger partial charge in [0.25, 0.3) is 0 Å². The van der Waals surface area contributed by atoms with Gasteiger partial charge in [0.1, 0.15) is 0 Å². The van der Waals surface area contributed by atoms with E-state index in [0.29, 0.717) is 12.5 Å². The van der Waals surface area contributed by atoms with E-state index in [1.807, 2.05) is 27.7 Å². The highest BCUT2D eigenvalue weighted by atomic mass is 16.2. The zero-order valence-corrected chi connectivity index (χ0v) is 11.7. The Labute approximate surface area is 100 Å². The van der Waals surface area contributed by atoms with Crippen LogP contribution >= 0.6 is 0 Å². The third-order valence-electron chi connectivity index (χ3n) is 3.22. The molecule has 1 amide bonds. The van der Waals surface area contributed by atoms with Crippen LogP contribution in [0.1, 0.15) is 54.4 Å². The number of carbonyl (C=O) groups is 1. The first-order valence-corrected chi connectivity index (χ1v) is 6.19. The molecule has 0 bridgehead atoms. The third-order valence-corrected chi connectivity index (χ3v) is 3.22. The maximum Gasteiger partial charge on any atom is 0.226 e. The molecule has 0 aromatic carbocycles. The van der Waals surface area contributed by atoms with Crippen LogP contribution in [0.4, 0.5) is 0 Å². The average Bonchev–Trinajstić information content (AvgIpc) is 2.16. The van der Waals surface area contributed by atoms with E-state index in [-0.39, 0.29) is 16.9 Å². The molecule has 3 nitrogen and oxygen atoms in total. The SMILES string of the molecule is CCC(C)(C)C(=O)NC(C)(CN)CC(C)C. The van der Waals surface area contributed by atoms with Gasteiger partial charge in [0.2, 0.25) is 5.91 Å². The molecule has 0 saturated heterocycles. The van der Waals surface area contributed by atoms with E-state index in [2.05, 4.69) is 19.2 Å². The van der Waals surface area contributed by atoms with Crippen LogP contribution < -0.4 is 11.1 Å². The van der Waals surface area contributed by atoms with Gasteiger partial charge in [-0.15, -0.1) is 0 Å². The van der Waals surface area contributed by atoms with E-state index in [1.165, 1.54) is 0 Å². The van der Waals surface area contributed by atoms with Gasteiger partial charge in [0, 0.05) is 17.5 Å². The summed E-state index contributed by atoms with van der Waals surface area (Å²) < 4.78 is 0. The smallest absolute Gasteiger partial charge is 0.226 e. The lowest BCUT2D eigenvalue weighted by atomic mass is 9.85. The monoisotopic (exact) mass is 228 g/mol.